The molecule has 1 unspecified atom stereocenters. The van der Waals surface area contributed by atoms with Gasteiger partial charge in [0.2, 0.25) is 5.91 Å². The van der Waals surface area contributed by atoms with Crippen molar-refractivity contribution in [2.24, 2.45) is 0 Å². The summed E-state index contributed by atoms with van der Waals surface area (Å²) in [6, 6.07) is 1.96. The predicted molar refractivity (Wildman–Crippen MR) is 88.5 cm³/mol. The lowest BCUT2D eigenvalue weighted by molar-refractivity contribution is -0.134. The molecule has 0 bridgehead atoms. The summed E-state index contributed by atoms with van der Waals surface area (Å²) in [6.45, 7) is 5.03. The van der Waals surface area contributed by atoms with Gasteiger partial charge in [-0.3, -0.25) is 4.79 Å². The molecule has 2 aliphatic heterocycles. The third kappa shape index (κ3) is 2.62. The number of aryl methyl sites for hydroxylation is 1. The van der Waals surface area contributed by atoms with Gasteiger partial charge in [0.05, 0.1) is 24.1 Å². The Labute approximate surface area is 140 Å². The number of pyridine rings is 1. The highest BCUT2D eigenvalue weighted by atomic mass is 35.5. The van der Waals surface area contributed by atoms with Crippen LogP contribution in [-0.2, 0) is 22.6 Å². The minimum Gasteiger partial charge on any atom is -0.378 e. The molecule has 1 atom stereocenters. The number of hydrogen-bond acceptors (Lipinski definition) is 3. The zero-order valence-corrected chi connectivity index (χ0v) is 14.0. The maximum Gasteiger partial charge on any atom is 0.225 e. The minimum absolute atomic E-state index is 0.108. The Kier molecular flexibility index (Phi) is 3.77. The SMILES string of the molecule is Cc1c2n(c3ncc(Cl)cc13)CCN(C(=O)CC1CCCO1)C2. The van der Waals surface area contributed by atoms with Crippen LogP contribution in [0.5, 0.6) is 0 Å². The Morgan fingerprint density at radius 1 is 1.48 bits per heavy atom. The van der Waals surface area contributed by atoms with Gasteiger partial charge in [-0.15, -0.1) is 0 Å². The first-order valence-corrected chi connectivity index (χ1v) is 8.54. The number of carbonyl (C=O) groups excluding carboxylic acids is 1. The van der Waals surface area contributed by atoms with E-state index in [-0.39, 0.29) is 12.0 Å². The first-order valence-electron chi connectivity index (χ1n) is 8.16. The molecule has 122 valence electrons. The number of amides is 1. The van der Waals surface area contributed by atoms with Crippen LogP contribution in [0.25, 0.3) is 11.0 Å². The van der Waals surface area contributed by atoms with Gasteiger partial charge in [-0.2, -0.15) is 0 Å². The standard InChI is InChI=1S/C17H20ClN3O2/c1-11-14-7-12(18)9-19-17(14)21-5-4-20(10-15(11)21)16(22)8-13-3-2-6-23-13/h7,9,13H,2-6,8,10H2,1H3. The van der Waals surface area contributed by atoms with Crippen molar-refractivity contribution in [1.82, 2.24) is 14.5 Å². The molecule has 2 aromatic rings. The second-order valence-corrected chi connectivity index (χ2v) is 6.84. The fourth-order valence-corrected chi connectivity index (χ4v) is 3.83. The average molecular weight is 334 g/mol. The van der Waals surface area contributed by atoms with Crippen molar-refractivity contribution in [3.63, 3.8) is 0 Å². The molecular weight excluding hydrogens is 314 g/mol. The Bertz CT molecular complexity index is 765. The van der Waals surface area contributed by atoms with E-state index in [0.717, 1.165) is 43.6 Å². The van der Waals surface area contributed by atoms with Crippen LogP contribution in [-0.4, -0.2) is 39.6 Å². The molecule has 0 radical (unpaired) electrons. The van der Waals surface area contributed by atoms with Gasteiger partial charge in [-0.25, -0.2) is 4.98 Å². The zero-order valence-electron chi connectivity index (χ0n) is 13.2. The first kappa shape index (κ1) is 15.0. The maximum atomic E-state index is 12.5. The van der Waals surface area contributed by atoms with Crippen LogP contribution in [0.2, 0.25) is 5.02 Å². The molecule has 1 fully saturated rings. The second-order valence-electron chi connectivity index (χ2n) is 6.40. The van der Waals surface area contributed by atoms with Gasteiger partial charge < -0.3 is 14.2 Å². The second kappa shape index (κ2) is 5.80. The molecule has 5 nitrogen and oxygen atoms in total. The molecule has 2 aromatic heterocycles. The quantitative estimate of drug-likeness (QED) is 0.849. The van der Waals surface area contributed by atoms with E-state index in [9.17, 15) is 4.79 Å². The van der Waals surface area contributed by atoms with Crippen molar-refractivity contribution >= 4 is 28.5 Å². The molecule has 2 aliphatic rings. The number of rotatable bonds is 2. The van der Waals surface area contributed by atoms with Crippen molar-refractivity contribution in [3.8, 4) is 0 Å². The van der Waals surface area contributed by atoms with E-state index in [4.69, 9.17) is 16.3 Å². The third-order valence-corrected chi connectivity index (χ3v) is 5.17. The lowest BCUT2D eigenvalue weighted by atomic mass is 10.1. The molecule has 4 heterocycles. The number of nitrogens with zero attached hydrogens (tertiary/aromatic N) is 3. The van der Waals surface area contributed by atoms with E-state index in [1.807, 2.05) is 11.0 Å². The largest absolute Gasteiger partial charge is 0.378 e. The van der Waals surface area contributed by atoms with Gasteiger partial charge in [0, 0.05) is 37.0 Å². The van der Waals surface area contributed by atoms with Gasteiger partial charge in [0.15, 0.2) is 0 Å². The summed E-state index contributed by atoms with van der Waals surface area (Å²) in [7, 11) is 0. The minimum atomic E-state index is 0.108. The maximum absolute atomic E-state index is 12.5. The molecular formula is C17H20ClN3O2. The number of aromatic nitrogens is 2. The summed E-state index contributed by atoms with van der Waals surface area (Å²) in [5.74, 6) is 0.193. The van der Waals surface area contributed by atoms with Gasteiger partial charge in [0.25, 0.3) is 0 Å². The smallest absolute Gasteiger partial charge is 0.225 e. The highest BCUT2D eigenvalue weighted by molar-refractivity contribution is 6.31. The Morgan fingerprint density at radius 3 is 3.13 bits per heavy atom. The predicted octanol–water partition coefficient (Wildman–Crippen LogP) is 2.91. The normalized spacial score (nSPS) is 21.0. The molecule has 0 aliphatic carbocycles. The van der Waals surface area contributed by atoms with Gasteiger partial charge >= 0.3 is 0 Å². The van der Waals surface area contributed by atoms with Gasteiger partial charge in [-0.1, -0.05) is 11.6 Å². The van der Waals surface area contributed by atoms with Crippen molar-refractivity contribution in [3.05, 3.63) is 28.5 Å². The average Bonchev–Trinajstić information content (AvgIpc) is 3.15. The highest BCUT2D eigenvalue weighted by Crippen LogP contribution is 2.30. The molecule has 1 amide bonds. The molecule has 0 saturated carbocycles. The molecule has 6 heteroatoms. The Balaban J connectivity index is 1.59. The molecule has 0 aromatic carbocycles. The molecule has 4 rings (SSSR count). The van der Waals surface area contributed by atoms with Crippen LogP contribution in [0.15, 0.2) is 12.3 Å². The Hall–Kier alpha value is -1.59. The fourth-order valence-electron chi connectivity index (χ4n) is 3.68. The van der Waals surface area contributed by atoms with Crippen LogP contribution in [0, 0.1) is 6.92 Å². The summed E-state index contributed by atoms with van der Waals surface area (Å²) in [5.41, 5.74) is 3.31. The van der Waals surface area contributed by atoms with Crippen LogP contribution >= 0.6 is 11.6 Å². The van der Waals surface area contributed by atoms with Crippen molar-refractivity contribution < 1.29 is 9.53 Å². The zero-order chi connectivity index (χ0) is 16.0. The highest BCUT2D eigenvalue weighted by Gasteiger charge is 2.28. The first-order chi connectivity index (χ1) is 11.1. The molecule has 1 saturated heterocycles. The van der Waals surface area contributed by atoms with E-state index >= 15 is 0 Å². The summed E-state index contributed by atoms with van der Waals surface area (Å²) in [4.78, 5) is 19.0. The van der Waals surface area contributed by atoms with Crippen LogP contribution in [0.3, 0.4) is 0 Å². The van der Waals surface area contributed by atoms with Crippen molar-refractivity contribution in [2.75, 3.05) is 13.2 Å². The van der Waals surface area contributed by atoms with Crippen LogP contribution in [0.1, 0.15) is 30.5 Å². The number of ether oxygens (including phenoxy) is 1. The van der Waals surface area contributed by atoms with Crippen LogP contribution < -0.4 is 0 Å². The molecule has 23 heavy (non-hydrogen) atoms. The van der Waals surface area contributed by atoms with Crippen LogP contribution in [0.4, 0.5) is 0 Å². The lowest BCUT2D eigenvalue weighted by Crippen LogP contribution is -2.39. The monoisotopic (exact) mass is 333 g/mol. The fraction of sp³-hybridized carbons (Fsp3) is 0.529. The molecule has 0 N–H and O–H groups in total. The number of hydrogen-bond donors (Lipinski definition) is 0. The van der Waals surface area contributed by atoms with Crippen molar-refractivity contribution in [1.29, 1.82) is 0 Å². The summed E-state index contributed by atoms with van der Waals surface area (Å²) in [6.07, 6.45) is 4.37. The van der Waals surface area contributed by atoms with Crippen molar-refractivity contribution in [2.45, 2.75) is 45.4 Å². The summed E-state index contributed by atoms with van der Waals surface area (Å²) in [5, 5.41) is 1.73. The molecule has 0 spiro atoms. The summed E-state index contributed by atoms with van der Waals surface area (Å²) >= 11 is 6.08. The van der Waals surface area contributed by atoms with Gasteiger partial charge in [-0.05, 0) is 31.4 Å². The summed E-state index contributed by atoms with van der Waals surface area (Å²) < 4.78 is 7.81. The van der Waals surface area contributed by atoms with E-state index in [1.165, 1.54) is 11.3 Å². The number of halogens is 1. The lowest BCUT2D eigenvalue weighted by Gasteiger charge is -2.30. The number of fused-ring (bicyclic) bond motifs is 3. The van der Waals surface area contributed by atoms with E-state index < -0.39 is 0 Å². The van der Waals surface area contributed by atoms with Gasteiger partial charge in [0.1, 0.15) is 5.65 Å². The third-order valence-electron chi connectivity index (χ3n) is 4.96. The number of carbonyl (C=O) groups is 1. The topological polar surface area (TPSA) is 47.4 Å². The van der Waals surface area contributed by atoms with E-state index in [2.05, 4.69) is 16.5 Å². The van der Waals surface area contributed by atoms with E-state index in [0.29, 0.717) is 18.0 Å². The Morgan fingerprint density at radius 2 is 2.35 bits per heavy atom. The van der Waals surface area contributed by atoms with E-state index in [1.54, 1.807) is 6.20 Å².